The van der Waals surface area contributed by atoms with Gasteiger partial charge in [-0.1, -0.05) is 0 Å². The van der Waals surface area contributed by atoms with Gasteiger partial charge in [0.15, 0.2) is 15.7 Å². The Kier molecular flexibility index (Phi) is 7.21. The lowest BCUT2D eigenvalue weighted by molar-refractivity contribution is -0.118. The van der Waals surface area contributed by atoms with Crippen molar-refractivity contribution in [2.24, 2.45) is 0 Å². The monoisotopic (exact) mass is 473 g/mol. The van der Waals surface area contributed by atoms with Gasteiger partial charge in [0.05, 0.1) is 31.3 Å². The Balaban J connectivity index is 1.62. The molecule has 1 saturated heterocycles. The normalized spacial score (nSPS) is 14.5. The van der Waals surface area contributed by atoms with Crippen molar-refractivity contribution in [3.8, 4) is 11.4 Å². The number of carbonyl (C=O) groups is 1. The number of aromatic nitrogens is 3. The fraction of sp³-hybridized carbons (Fsp3) is 0.409. The maximum Gasteiger partial charge on any atom is 0.235 e. The molecule has 0 saturated carbocycles. The molecule has 0 spiro atoms. The van der Waals surface area contributed by atoms with Crippen LogP contribution < -0.4 is 10.2 Å². The number of benzene rings is 1. The predicted octanol–water partition coefficient (Wildman–Crippen LogP) is 1.14. The maximum atomic E-state index is 12.7. The van der Waals surface area contributed by atoms with Crippen molar-refractivity contribution in [1.29, 1.82) is 0 Å². The molecule has 0 unspecified atom stereocenters. The fourth-order valence-corrected chi connectivity index (χ4v) is 4.85. The number of H-pyrrole nitrogens is 1. The number of amides is 1. The minimum atomic E-state index is -3.73. The maximum absolute atomic E-state index is 12.7. The molecule has 0 atom stereocenters. The van der Waals surface area contributed by atoms with E-state index in [1.165, 1.54) is 7.11 Å². The molecule has 2 N–H and O–H groups in total. The number of anilines is 1. The van der Waals surface area contributed by atoms with Crippen molar-refractivity contribution in [2.75, 3.05) is 57.2 Å². The van der Waals surface area contributed by atoms with Gasteiger partial charge in [0.2, 0.25) is 5.91 Å². The molecule has 0 radical (unpaired) electrons. The van der Waals surface area contributed by atoms with Crippen LogP contribution in [0.15, 0.2) is 36.5 Å². The van der Waals surface area contributed by atoms with E-state index in [2.05, 4.69) is 20.2 Å². The Morgan fingerprint density at radius 1 is 1.21 bits per heavy atom. The minimum Gasteiger partial charge on any atom is -0.383 e. The molecule has 33 heavy (non-hydrogen) atoms. The first kappa shape index (κ1) is 23.1. The van der Waals surface area contributed by atoms with Crippen molar-refractivity contribution < 1.29 is 22.7 Å². The molecule has 0 aliphatic carbocycles. The summed E-state index contributed by atoms with van der Waals surface area (Å²) in [5, 5.41) is 3.55. The number of carbonyl (C=O) groups excluding carboxylic acids is 1. The Hall–Kier alpha value is -3.02. The molecule has 1 amide bonds. The van der Waals surface area contributed by atoms with E-state index < -0.39 is 21.5 Å². The smallest absolute Gasteiger partial charge is 0.235 e. The Labute approximate surface area is 192 Å². The summed E-state index contributed by atoms with van der Waals surface area (Å²) in [6.07, 6.45) is 1.86. The first-order valence-electron chi connectivity index (χ1n) is 10.7. The molecule has 3 aromatic rings. The number of sulfone groups is 1. The van der Waals surface area contributed by atoms with E-state index in [1.807, 2.05) is 30.5 Å². The number of hydrogen-bond donors (Lipinski definition) is 2. The van der Waals surface area contributed by atoms with Crippen LogP contribution in [-0.2, 0) is 29.9 Å². The first-order valence-corrected chi connectivity index (χ1v) is 12.5. The lowest BCUT2D eigenvalue weighted by Crippen LogP contribution is -2.37. The van der Waals surface area contributed by atoms with Gasteiger partial charge in [-0.15, -0.1) is 0 Å². The summed E-state index contributed by atoms with van der Waals surface area (Å²) >= 11 is 0. The van der Waals surface area contributed by atoms with Crippen molar-refractivity contribution in [1.82, 2.24) is 20.3 Å². The number of methoxy groups -OCH3 is 1. The summed E-state index contributed by atoms with van der Waals surface area (Å²) < 4.78 is 35.8. The summed E-state index contributed by atoms with van der Waals surface area (Å²) in [6.45, 7) is 3.03. The highest BCUT2D eigenvalue weighted by atomic mass is 32.2. The van der Waals surface area contributed by atoms with Gasteiger partial charge in [-0.2, -0.15) is 0 Å². The van der Waals surface area contributed by atoms with E-state index in [1.54, 1.807) is 6.07 Å². The van der Waals surface area contributed by atoms with Crippen LogP contribution in [0, 0.1) is 0 Å². The fourth-order valence-electron chi connectivity index (χ4n) is 3.65. The molecule has 3 heterocycles. The van der Waals surface area contributed by atoms with Crippen LogP contribution >= 0.6 is 0 Å². The molecular formula is C22H27N5O5S. The van der Waals surface area contributed by atoms with Crippen molar-refractivity contribution in [3.05, 3.63) is 42.2 Å². The van der Waals surface area contributed by atoms with E-state index in [-0.39, 0.29) is 12.3 Å². The molecule has 1 aromatic carbocycles. The summed E-state index contributed by atoms with van der Waals surface area (Å²) in [7, 11) is -2.23. The van der Waals surface area contributed by atoms with Gasteiger partial charge >= 0.3 is 0 Å². The third kappa shape index (κ3) is 6.06. The highest BCUT2D eigenvalue weighted by Gasteiger charge is 2.21. The van der Waals surface area contributed by atoms with Gasteiger partial charge in [0.25, 0.3) is 0 Å². The molecule has 1 aliphatic rings. The summed E-state index contributed by atoms with van der Waals surface area (Å²) in [6, 6.07) is 9.45. The zero-order chi connectivity index (χ0) is 23.3. The van der Waals surface area contributed by atoms with Crippen LogP contribution in [0.5, 0.6) is 0 Å². The molecular weight excluding hydrogens is 446 g/mol. The topological polar surface area (TPSA) is 127 Å². The van der Waals surface area contributed by atoms with Crippen LogP contribution in [-0.4, -0.2) is 81.6 Å². The number of aromatic amines is 1. The second-order valence-corrected chi connectivity index (χ2v) is 9.86. The highest BCUT2D eigenvalue weighted by molar-refractivity contribution is 7.91. The molecule has 1 aliphatic heterocycles. The standard InChI is InChI=1S/C22H27N5O5S/c1-31-9-6-24-21(28)15-33(29,30)14-18-13-20(27-7-10-32-11-8-27)26-22(25-18)17-2-3-19-16(12-17)4-5-23-19/h2-5,12-13,23H,6-11,14-15H2,1H3,(H,24,28). The molecule has 10 nitrogen and oxygen atoms in total. The second kappa shape index (κ2) is 10.3. The van der Waals surface area contributed by atoms with Crippen LogP contribution in [0.3, 0.4) is 0 Å². The lowest BCUT2D eigenvalue weighted by atomic mass is 10.1. The van der Waals surface area contributed by atoms with Gasteiger partial charge in [-0.25, -0.2) is 18.4 Å². The largest absolute Gasteiger partial charge is 0.383 e. The second-order valence-electron chi connectivity index (χ2n) is 7.80. The van der Waals surface area contributed by atoms with E-state index in [0.717, 1.165) is 16.5 Å². The molecule has 0 bridgehead atoms. The number of morpholine rings is 1. The summed E-state index contributed by atoms with van der Waals surface area (Å²) in [5.74, 6) is -0.445. The van der Waals surface area contributed by atoms with Gasteiger partial charge in [-0.05, 0) is 24.3 Å². The Morgan fingerprint density at radius 2 is 2.03 bits per heavy atom. The van der Waals surface area contributed by atoms with Crippen molar-refractivity contribution in [2.45, 2.75) is 5.75 Å². The van der Waals surface area contributed by atoms with Crippen molar-refractivity contribution >= 4 is 32.5 Å². The number of nitrogens with one attached hydrogen (secondary N) is 2. The highest BCUT2D eigenvalue weighted by Crippen LogP contribution is 2.25. The lowest BCUT2D eigenvalue weighted by Gasteiger charge is -2.28. The Morgan fingerprint density at radius 3 is 2.82 bits per heavy atom. The predicted molar refractivity (Wildman–Crippen MR) is 125 cm³/mol. The third-order valence-corrected chi connectivity index (χ3v) is 6.70. The van der Waals surface area contributed by atoms with E-state index >= 15 is 0 Å². The van der Waals surface area contributed by atoms with E-state index in [9.17, 15) is 13.2 Å². The average molecular weight is 474 g/mol. The zero-order valence-electron chi connectivity index (χ0n) is 18.4. The number of hydrogen-bond acceptors (Lipinski definition) is 8. The quantitative estimate of drug-likeness (QED) is 0.443. The molecule has 2 aromatic heterocycles. The van der Waals surface area contributed by atoms with Crippen LogP contribution in [0.1, 0.15) is 5.69 Å². The molecule has 176 valence electrons. The first-order chi connectivity index (χ1) is 15.9. The van der Waals surface area contributed by atoms with Gasteiger partial charge in [0.1, 0.15) is 11.6 Å². The number of fused-ring (bicyclic) bond motifs is 1. The third-order valence-electron chi connectivity index (χ3n) is 5.26. The summed E-state index contributed by atoms with van der Waals surface area (Å²) in [4.78, 5) is 26.5. The Bertz CT molecular complexity index is 1220. The number of ether oxygens (including phenoxy) is 2. The molecule has 11 heteroatoms. The van der Waals surface area contributed by atoms with Crippen LogP contribution in [0.2, 0.25) is 0 Å². The van der Waals surface area contributed by atoms with Gasteiger partial charge in [0, 0.05) is 55.5 Å². The van der Waals surface area contributed by atoms with Gasteiger partial charge in [-0.3, -0.25) is 4.79 Å². The molecule has 1 fully saturated rings. The minimum absolute atomic E-state index is 0.255. The van der Waals surface area contributed by atoms with Crippen molar-refractivity contribution in [3.63, 3.8) is 0 Å². The average Bonchev–Trinajstić information content (AvgIpc) is 3.27. The summed E-state index contributed by atoms with van der Waals surface area (Å²) in [5.41, 5.74) is 2.12. The SMILES string of the molecule is COCCNC(=O)CS(=O)(=O)Cc1cc(N2CCOCC2)nc(-c2ccc3[nH]ccc3c2)n1. The number of rotatable bonds is 9. The molecule has 4 rings (SSSR count). The van der Waals surface area contributed by atoms with Crippen LogP contribution in [0.25, 0.3) is 22.3 Å². The van der Waals surface area contributed by atoms with Gasteiger partial charge < -0.3 is 24.7 Å². The number of nitrogens with zero attached hydrogens (tertiary/aromatic N) is 3. The van der Waals surface area contributed by atoms with E-state index in [0.29, 0.717) is 50.2 Å². The van der Waals surface area contributed by atoms with E-state index in [4.69, 9.17) is 14.5 Å². The zero-order valence-corrected chi connectivity index (χ0v) is 19.2. The van der Waals surface area contributed by atoms with Crippen LogP contribution in [0.4, 0.5) is 5.82 Å².